The number of phenolic OH excluding ortho intramolecular Hbond substituents is 3. The van der Waals surface area contributed by atoms with Crippen LogP contribution in [0.2, 0.25) is 0 Å². The SMILES string of the molecule is CCc1cc(C(=O)c2ccc(O)c(F)c2)c(O)c(C)c1O. The lowest BCUT2D eigenvalue weighted by Gasteiger charge is -2.12. The zero-order valence-corrected chi connectivity index (χ0v) is 11.6. The Balaban J connectivity index is 2.58. The highest BCUT2D eigenvalue weighted by Gasteiger charge is 2.20. The van der Waals surface area contributed by atoms with Crippen LogP contribution in [0.15, 0.2) is 24.3 Å². The van der Waals surface area contributed by atoms with Gasteiger partial charge in [0.15, 0.2) is 17.3 Å². The number of hydrogen-bond donors (Lipinski definition) is 3. The first-order valence-electron chi connectivity index (χ1n) is 6.44. The third kappa shape index (κ3) is 2.54. The fraction of sp³-hybridized carbons (Fsp3) is 0.188. The van der Waals surface area contributed by atoms with E-state index in [9.17, 15) is 19.4 Å². The molecule has 0 fully saturated rings. The number of benzene rings is 2. The smallest absolute Gasteiger partial charge is 0.196 e. The van der Waals surface area contributed by atoms with E-state index in [-0.39, 0.29) is 28.2 Å². The molecular weight excluding hydrogens is 275 g/mol. The van der Waals surface area contributed by atoms with Gasteiger partial charge in [0.25, 0.3) is 0 Å². The van der Waals surface area contributed by atoms with E-state index in [1.165, 1.54) is 19.1 Å². The van der Waals surface area contributed by atoms with Crippen molar-refractivity contribution in [2.75, 3.05) is 0 Å². The summed E-state index contributed by atoms with van der Waals surface area (Å²) in [6, 6.07) is 4.65. The molecule has 0 amide bonds. The van der Waals surface area contributed by atoms with Gasteiger partial charge in [0.1, 0.15) is 11.5 Å². The fourth-order valence-electron chi connectivity index (χ4n) is 2.11. The maximum Gasteiger partial charge on any atom is 0.196 e. The molecule has 2 rings (SSSR count). The minimum atomic E-state index is -0.911. The minimum absolute atomic E-state index is 0.00717. The lowest BCUT2D eigenvalue weighted by Crippen LogP contribution is -2.04. The number of aryl methyl sites for hydroxylation is 1. The largest absolute Gasteiger partial charge is 0.507 e. The molecular formula is C16H15FO4. The predicted molar refractivity (Wildman–Crippen MR) is 75.4 cm³/mol. The van der Waals surface area contributed by atoms with E-state index in [2.05, 4.69) is 0 Å². The van der Waals surface area contributed by atoms with E-state index in [1.54, 1.807) is 6.92 Å². The molecule has 4 nitrogen and oxygen atoms in total. The maximum atomic E-state index is 13.3. The van der Waals surface area contributed by atoms with Crippen LogP contribution >= 0.6 is 0 Å². The molecule has 110 valence electrons. The number of hydrogen-bond acceptors (Lipinski definition) is 4. The lowest BCUT2D eigenvalue weighted by atomic mass is 9.95. The second-order valence-electron chi connectivity index (χ2n) is 4.75. The van der Waals surface area contributed by atoms with E-state index >= 15 is 0 Å². The lowest BCUT2D eigenvalue weighted by molar-refractivity contribution is 0.103. The van der Waals surface area contributed by atoms with Crippen LogP contribution in [0.1, 0.15) is 34.0 Å². The molecule has 21 heavy (non-hydrogen) atoms. The topological polar surface area (TPSA) is 77.8 Å². The van der Waals surface area contributed by atoms with Gasteiger partial charge >= 0.3 is 0 Å². The summed E-state index contributed by atoms with van der Waals surface area (Å²) < 4.78 is 13.3. The summed E-state index contributed by atoms with van der Waals surface area (Å²) in [6.45, 7) is 3.30. The van der Waals surface area contributed by atoms with Gasteiger partial charge in [-0.05, 0) is 43.2 Å². The van der Waals surface area contributed by atoms with E-state index in [0.717, 1.165) is 12.1 Å². The molecule has 0 saturated heterocycles. The Morgan fingerprint density at radius 3 is 2.38 bits per heavy atom. The van der Waals surface area contributed by atoms with Crippen LogP contribution in [0, 0.1) is 12.7 Å². The summed E-state index contributed by atoms with van der Waals surface area (Å²) in [6.07, 6.45) is 0.483. The van der Waals surface area contributed by atoms with Gasteiger partial charge in [-0.1, -0.05) is 6.92 Å². The van der Waals surface area contributed by atoms with Gasteiger partial charge in [0.2, 0.25) is 0 Å². The van der Waals surface area contributed by atoms with Crippen molar-refractivity contribution in [2.45, 2.75) is 20.3 Å². The van der Waals surface area contributed by atoms with Gasteiger partial charge in [0.05, 0.1) is 5.56 Å². The molecule has 0 spiro atoms. The van der Waals surface area contributed by atoms with Crippen LogP contribution in [0.3, 0.4) is 0 Å². The summed E-state index contributed by atoms with van der Waals surface area (Å²) in [5.74, 6) is -2.42. The molecule has 2 aromatic rings. The predicted octanol–water partition coefficient (Wildman–Crippen LogP) is 3.04. The molecule has 0 atom stereocenters. The summed E-state index contributed by atoms with van der Waals surface area (Å²) in [7, 11) is 0. The summed E-state index contributed by atoms with van der Waals surface area (Å²) in [5, 5.41) is 29.0. The molecule has 0 heterocycles. The number of ketones is 1. The van der Waals surface area contributed by atoms with Crippen molar-refractivity contribution in [2.24, 2.45) is 0 Å². The van der Waals surface area contributed by atoms with Gasteiger partial charge < -0.3 is 15.3 Å². The van der Waals surface area contributed by atoms with Crippen LogP contribution < -0.4 is 0 Å². The van der Waals surface area contributed by atoms with E-state index in [1.807, 2.05) is 0 Å². The molecule has 0 bridgehead atoms. The van der Waals surface area contributed by atoms with Crippen molar-refractivity contribution in [3.63, 3.8) is 0 Å². The molecule has 0 aliphatic carbocycles. The van der Waals surface area contributed by atoms with Crippen LogP contribution in [0.5, 0.6) is 17.2 Å². The fourth-order valence-corrected chi connectivity index (χ4v) is 2.11. The number of halogens is 1. The van der Waals surface area contributed by atoms with Crippen molar-refractivity contribution in [1.82, 2.24) is 0 Å². The number of carbonyl (C=O) groups excluding carboxylic acids is 1. The Morgan fingerprint density at radius 2 is 1.81 bits per heavy atom. The average molecular weight is 290 g/mol. The third-order valence-corrected chi connectivity index (χ3v) is 3.42. The molecule has 2 aromatic carbocycles. The molecule has 0 saturated carbocycles. The second-order valence-corrected chi connectivity index (χ2v) is 4.75. The summed E-state index contributed by atoms with van der Waals surface area (Å²) >= 11 is 0. The number of phenols is 3. The van der Waals surface area contributed by atoms with Crippen LogP contribution in [0.4, 0.5) is 4.39 Å². The van der Waals surface area contributed by atoms with Gasteiger partial charge in [-0.25, -0.2) is 4.39 Å². The zero-order chi connectivity index (χ0) is 15.7. The normalized spacial score (nSPS) is 10.6. The average Bonchev–Trinajstić information content (AvgIpc) is 2.47. The Morgan fingerprint density at radius 1 is 1.14 bits per heavy atom. The van der Waals surface area contributed by atoms with Crippen molar-refractivity contribution >= 4 is 5.78 Å². The quantitative estimate of drug-likeness (QED) is 0.759. The number of carbonyl (C=O) groups is 1. The highest BCUT2D eigenvalue weighted by atomic mass is 19.1. The van der Waals surface area contributed by atoms with E-state index in [4.69, 9.17) is 5.11 Å². The highest BCUT2D eigenvalue weighted by Crippen LogP contribution is 2.35. The molecule has 0 aliphatic heterocycles. The Bertz CT molecular complexity index is 723. The monoisotopic (exact) mass is 290 g/mol. The van der Waals surface area contributed by atoms with Crippen LogP contribution in [0.25, 0.3) is 0 Å². The molecule has 0 aromatic heterocycles. The molecule has 0 aliphatic rings. The molecule has 0 radical (unpaired) electrons. The van der Waals surface area contributed by atoms with Crippen molar-refractivity contribution in [1.29, 1.82) is 0 Å². The van der Waals surface area contributed by atoms with Gasteiger partial charge in [-0.2, -0.15) is 0 Å². The van der Waals surface area contributed by atoms with Crippen LogP contribution in [-0.2, 0) is 6.42 Å². The van der Waals surface area contributed by atoms with Gasteiger partial charge in [-0.15, -0.1) is 0 Å². The van der Waals surface area contributed by atoms with E-state index in [0.29, 0.717) is 12.0 Å². The Hall–Kier alpha value is -2.56. The van der Waals surface area contributed by atoms with E-state index < -0.39 is 17.3 Å². The summed E-state index contributed by atoms with van der Waals surface area (Å²) in [5.41, 5.74) is 0.727. The number of aromatic hydroxyl groups is 3. The molecule has 3 N–H and O–H groups in total. The van der Waals surface area contributed by atoms with Gasteiger partial charge in [0, 0.05) is 11.1 Å². The second kappa shape index (κ2) is 5.44. The summed E-state index contributed by atoms with van der Waals surface area (Å²) in [4.78, 5) is 12.4. The standard InChI is InChI=1S/C16H15FO4/c1-3-9-6-11(15(20)8(2)14(9)19)16(21)10-4-5-13(18)12(17)7-10/h4-7,18-20H,3H2,1-2H3. The first kappa shape index (κ1) is 14.8. The van der Waals surface area contributed by atoms with Crippen molar-refractivity contribution < 1.29 is 24.5 Å². The molecule has 5 heteroatoms. The third-order valence-electron chi connectivity index (χ3n) is 3.42. The van der Waals surface area contributed by atoms with Gasteiger partial charge in [-0.3, -0.25) is 4.79 Å². The van der Waals surface area contributed by atoms with Crippen molar-refractivity contribution in [3.8, 4) is 17.2 Å². The highest BCUT2D eigenvalue weighted by molar-refractivity contribution is 6.11. The first-order valence-corrected chi connectivity index (χ1v) is 6.44. The Kier molecular flexibility index (Phi) is 3.84. The zero-order valence-electron chi connectivity index (χ0n) is 11.6. The number of rotatable bonds is 3. The minimum Gasteiger partial charge on any atom is -0.507 e. The van der Waals surface area contributed by atoms with Crippen molar-refractivity contribution in [3.05, 3.63) is 52.3 Å². The Labute approximate surface area is 121 Å². The van der Waals surface area contributed by atoms with Crippen LogP contribution in [-0.4, -0.2) is 21.1 Å². The first-order chi connectivity index (χ1) is 9.86. The molecule has 0 unspecified atom stereocenters. The maximum absolute atomic E-state index is 13.3.